The Bertz CT molecular complexity index is 551. The fraction of sp³-hybridized carbons (Fsp3) is 0.500. The summed E-state index contributed by atoms with van der Waals surface area (Å²) >= 11 is 11.3. The number of hydrogen-bond acceptors (Lipinski definition) is 1. The maximum atomic E-state index is 13.5. The third-order valence-corrected chi connectivity index (χ3v) is 3.17. The summed E-state index contributed by atoms with van der Waals surface area (Å²) in [4.78, 5) is 12.9. The Morgan fingerprint density at radius 2 is 1.64 bits per heavy atom. The summed E-state index contributed by atoms with van der Waals surface area (Å²) in [7, 11) is 0. The Kier molecular flexibility index (Phi) is 5.73. The van der Waals surface area contributed by atoms with Crippen molar-refractivity contribution in [2.24, 2.45) is 5.41 Å². The van der Waals surface area contributed by atoms with Crippen LogP contribution in [0.5, 0.6) is 0 Å². The van der Waals surface area contributed by atoms with Gasteiger partial charge in [0.05, 0.1) is 15.6 Å². The number of nitrogens with zero attached hydrogens (tertiary/aromatic N) is 1. The van der Waals surface area contributed by atoms with Gasteiger partial charge in [-0.05, 0) is 17.5 Å². The van der Waals surface area contributed by atoms with Gasteiger partial charge in [-0.25, -0.2) is 4.39 Å². The molecule has 0 aliphatic heterocycles. The van der Waals surface area contributed by atoms with Crippen LogP contribution >= 0.6 is 23.2 Å². The van der Waals surface area contributed by atoms with E-state index in [0.717, 1.165) is 12.1 Å². The maximum Gasteiger partial charge on any atom is 0.406 e. The van der Waals surface area contributed by atoms with Crippen LogP contribution in [0.2, 0.25) is 10.0 Å². The molecular weight excluding hydrogens is 345 g/mol. The third-order valence-electron chi connectivity index (χ3n) is 2.56. The summed E-state index contributed by atoms with van der Waals surface area (Å²) in [5.74, 6) is -1.91. The van der Waals surface area contributed by atoms with Crippen LogP contribution in [0.3, 0.4) is 0 Å². The van der Waals surface area contributed by atoms with Gasteiger partial charge in [-0.1, -0.05) is 44.0 Å². The predicted molar refractivity (Wildman–Crippen MR) is 77.8 cm³/mol. The lowest BCUT2D eigenvalue weighted by Gasteiger charge is -2.31. The average molecular weight is 360 g/mol. The summed E-state index contributed by atoms with van der Waals surface area (Å²) in [5.41, 5.74) is -0.921. The van der Waals surface area contributed by atoms with Gasteiger partial charge < -0.3 is 4.90 Å². The largest absolute Gasteiger partial charge is 0.406 e. The van der Waals surface area contributed by atoms with E-state index >= 15 is 0 Å². The molecule has 0 heterocycles. The highest BCUT2D eigenvalue weighted by Crippen LogP contribution is 2.28. The van der Waals surface area contributed by atoms with Crippen molar-refractivity contribution < 1.29 is 22.4 Å². The molecule has 2 nitrogen and oxygen atoms in total. The van der Waals surface area contributed by atoms with Crippen molar-refractivity contribution in [3.8, 4) is 0 Å². The number of alkyl halides is 3. The summed E-state index contributed by atoms with van der Waals surface area (Å²) in [6.45, 7) is 3.46. The molecule has 0 saturated heterocycles. The monoisotopic (exact) mass is 359 g/mol. The van der Waals surface area contributed by atoms with Crippen molar-refractivity contribution >= 4 is 29.1 Å². The van der Waals surface area contributed by atoms with Gasteiger partial charge in [-0.2, -0.15) is 13.2 Å². The van der Waals surface area contributed by atoms with E-state index in [0.29, 0.717) is 4.90 Å². The zero-order valence-electron chi connectivity index (χ0n) is 12.2. The van der Waals surface area contributed by atoms with E-state index in [1.54, 1.807) is 20.8 Å². The molecule has 1 amide bonds. The topological polar surface area (TPSA) is 20.3 Å². The standard InChI is InChI=1S/C14H15Cl2F4NO/c1-13(2,3)6-21(7-14(18,19)20)12(22)8-4-11(17)10(16)5-9(8)15/h4-5H,6-7H2,1-3H3. The van der Waals surface area contributed by atoms with E-state index in [4.69, 9.17) is 23.2 Å². The second-order valence-electron chi connectivity index (χ2n) is 6.08. The molecule has 0 aliphatic rings. The molecule has 0 spiro atoms. The van der Waals surface area contributed by atoms with Gasteiger partial charge >= 0.3 is 6.18 Å². The Morgan fingerprint density at radius 3 is 2.09 bits per heavy atom. The molecule has 0 saturated carbocycles. The second-order valence-corrected chi connectivity index (χ2v) is 6.90. The lowest BCUT2D eigenvalue weighted by atomic mass is 9.95. The molecule has 0 aromatic heterocycles. The summed E-state index contributed by atoms with van der Waals surface area (Å²) < 4.78 is 51.5. The van der Waals surface area contributed by atoms with E-state index in [1.165, 1.54) is 0 Å². The lowest BCUT2D eigenvalue weighted by Crippen LogP contribution is -2.43. The Labute approximate surface area is 136 Å². The van der Waals surface area contributed by atoms with E-state index in [2.05, 4.69) is 0 Å². The lowest BCUT2D eigenvalue weighted by molar-refractivity contribution is -0.142. The van der Waals surface area contributed by atoms with Crippen LogP contribution in [-0.4, -0.2) is 30.1 Å². The number of carbonyl (C=O) groups excluding carboxylic acids is 1. The van der Waals surface area contributed by atoms with E-state index < -0.39 is 29.9 Å². The molecule has 1 rings (SSSR count). The number of rotatable bonds is 3. The van der Waals surface area contributed by atoms with E-state index in [1.807, 2.05) is 0 Å². The minimum atomic E-state index is -4.57. The molecule has 0 N–H and O–H groups in total. The van der Waals surface area contributed by atoms with Crippen LogP contribution in [0.25, 0.3) is 0 Å². The van der Waals surface area contributed by atoms with Crippen LogP contribution in [-0.2, 0) is 0 Å². The second kappa shape index (κ2) is 6.62. The van der Waals surface area contributed by atoms with Gasteiger partial charge in [0.15, 0.2) is 0 Å². The normalized spacial score (nSPS) is 12.4. The summed E-state index contributed by atoms with van der Waals surface area (Å²) in [5, 5.41) is -0.503. The molecule has 1 aromatic carbocycles. The minimum Gasteiger partial charge on any atom is -0.329 e. The van der Waals surface area contributed by atoms with Crippen LogP contribution < -0.4 is 0 Å². The molecule has 0 unspecified atom stereocenters. The number of hydrogen-bond donors (Lipinski definition) is 0. The van der Waals surface area contributed by atoms with Crippen LogP contribution in [0, 0.1) is 11.2 Å². The number of halogens is 6. The molecule has 0 aliphatic carbocycles. The fourth-order valence-electron chi connectivity index (χ4n) is 1.85. The first kappa shape index (κ1) is 19.0. The van der Waals surface area contributed by atoms with Crippen LogP contribution in [0.4, 0.5) is 17.6 Å². The number of benzene rings is 1. The number of amides is 1. The van der Waals surface area contributed by atoms with Crippen molar-refractivity contribution in [2.75, 3.05) is 13.1 Å². The van der Waals surface area contributed by atoms with Gasteiger partial charge in [0.25, 0.3) is 5.91 Å². The molecule has 22 heavy (non-hydrogen) atoms. The first-order valence-electron chi connectivity index (χ1n) is 6.31. The third kappa shape index (κ3) is 5.65. The van der Waals surface area contributed by atoms with Gasteiger partial charge in [0.2, 0.25) is 0 Å². The highest BCUT2D eigenvalue weighted by atomic mass is 35.5. The van der Waals surface area contributed by atoms with Crippen molar-refractivity contribution in [3.05, 3.63) is 33.6 Å². The van der Waals surface area contributed by atoms with Crippen molar-refractivity contribution in [2.45, 2.75) is 26.9 Å². The quantitative estimate of drug-likeness (QED) is 0.537. The highest BCUT2D eigenvalue weighted by Gasteiger charge is 2.35. The first-order valence-corrected chi connectivity index (χ1v) is 7.06. The SMILES string of the molecule is CC(C)(C)CN(CC(F)(F)F)C(=O)c1cc(F)c(Cl)cc1Cl. The molecule has 1 aromatic rings. The number of carbonyl (C=O) groups is 1. The molecule has 0 fully saturated rings. The Hall–Kier alpha value is -1.01. The van der Waals surface area contributed by atoms with Gasteiger partial charge in [-0.15, -0.1) is 0 Å². The van der Waals surface area contributed by atoms with Crippen LogP contribution in [0.1, 0.15) is 31.1 Å². The maximum absolute atomic E-state index is 13.5. The van der Waals surface area contributed by atoms with Gasteiger partial charge in [0.1, 0.15) is 12.4 Å². The fourth-order valence-corrected chi connectivity index (χ4v) is 2.31. The molecule has 0 radical (unpaired) electrons. The Morgan fingerprint density at radius 1 is 1.09 bits per heavy atom. The molecule has 0 atom stereocenters. The first-order chi connectivity index (χ1) is 9.80. The average Bonchev–Trinajstić information content (AvgIpc) is 2.28. The zero-order valence-corrected chi connectivity index (χ0v) is 13.7. The van der Waals surface area contributed by atoms with Crippen molar-refractivity contribution in [3.63, 3.8) is 0 Å². The van der Waals surface area contributed by atoms with Crippen LogP contribution in [0.15, 0.2) is 12.1 Å². The highest BCUT2D eigenvalue weighted by molar-refractivity contribution is 6.36. The van der Waals surface area contributed by atoms with Gasteiger partial charge in [-0.3, -0.25) is 4.79 Å². The smallest absolute Gasteiger partial charge is 0.329 e. The molecular formula is C14H15Cl2F4NO. The summed E-state index contributed by atoms with van der Waals surface area (Å²) in [6, 6.07) is 1.74. The summed E-state index contributed by atoms with van der Waals surface area (Å²) in [6.07, 6.45) is -4.57. The molecule has 124 valence electrons. The van der Waals surface area contributed by atoms with E-state index in [9.17, 15) is 22.4 Å². The minimum absolute atomic E-state index is 0.161. The molecule has 8 heteroatoms. The zero-order chi connectivity index (χ0) is 17.3. The van der Waals surface area contributed by atoms with Crippen molar-refractivity contribution in [1.29, 1.82) is 0 Å². The predicted octanol–water partition coefficient (Wildman–Crippen LogP) is 5.18. The van der Waals surface area contributed by atoms with Gasteiger partial charge in [0, 0.05) is 6.54 Å². The Balaban J connectivity index is 3.19. The van der Waals surface area contributed by atoms with E-state index in [-0.39, 0.29) is 22.2 Å². The van der Waals surface area contributed by atoms with Crippen molar-refractivity contribution in [1.82, 2.24) is 4.90 Å². The molecule has 0 bridgehead atoms.